The molecule has 0 saturated heterocycles. The second kappa shape index (κ2) is 9.24. The number of thiocarbonyl (C=S) groups is 2. The molecule has 7 nitrogen and oxygen atoms in total. The number of aromatic nitrogens is 1. The normalized spacial score (nSPS) is 11.8. The van der Waals surface area contributed by atoms with E-state index in [-0.39, 0.29) is 0 Å². The molecular formula is C15H23N7S2. The van der Waals surface area contributed by atoms with Crippen molar-refractivity contribution in [2.24, 2.45) is 10.2 Å². The van der Waals surface area contributed by atoms with E-state index in [0.29, 0.717) is 10.2 Å². The van der Waals surface area contributed by atoms with Gasteiger partial charge in [-0.25, -0.2) is 4.98 Å². The fourth-order valence-corrected chi connectivity index (χ4v) is 1.51. The van der Waals surface area contributed by atoms with Crippen molar-refractivity contribution in [1.29, 1.82) is 0 Å². The standard InChI is InChI=1S/C15H23N7S2/c1-10(17-19-14(23)21(3)4)12-8-7-9-13(16-12)11(2)18-20-15(24)22(5)6/h7-9H,1-6H3,(H,19,23)(H,20,24)/b17-10+,18-11+. The van der Waals surface area contributed by atoms with E-state index in [9.17, 15) is 0 Å². The van der Waals surface area contributed by atoms with Crippen molar-refractivity contribution in [3.63, 3.8) is 0 Å². The number of hydrogen-bond acceptors (Lipinski definition) is 5. The Morgan fingerprint density at radius 2 is 1.25 bits per heavy atom. The van der Waals surface area contributed by atoms with Crippen molar-refractivity contribution in [3.05, 3.63) is 29.6 Å². The van der Waals surface area contributed by atoms with E-state index in [1.165, 1.54) is 0 Å². The first-order valence-corrected chi connectivity index (χ1v) is 8.05. The summed E-state index contributed by atoms with van der Waals surface area (Å²) in [6.07, 6.45) is 0. The minimum Gasteiger partial charge on any atom is -0.354 e. The minimum absolute atomic E-state index is 0.532. The second-order valence-corrected chi connectivity index (χ2v) is 6.20. The molecule has 9 heteroatoms. The molecule has 0 unspecified atom stereocenters. The Balaban J connectivity index is 2.89. The topological polar surface area (TPSA) is 68.2 Å². The summed E-state index contributed by atoms with van der Waals surface area (Å²) >= 11 is 10.3. The minimum atomic E-state index is 0.532. The molecule has 2 N–H and O–H groups in total. The molecule has 1 aromatic heterocycles. The van der Waals surface area contributed by atoms with Gasteiger partial charge in [-0.2, -0.15) is 10.2 Å². The Bertz CT molecular complexity index is 612. The molecule has 0 bridgehead atoms. The summed E-state index contributed by atoms with van der Waals surface area (Å²) in [6.45, 7) is 3.73. The van der Waals surface area contributed by atoms with Crippen molar-refractivity contribution in [2.45, 2.75) is 13.8 Å². The lowest BCUT2D eigenvalue weighted by molar-refractivity contribution is 0.606. The van der Waals surface area contributed by atoms with Crippen molar-refractivity contribution in [2.75, 3.05) is 28.2 Å². The third kappa shape index (κ3) is 6.17. The lowest BCUT2D eigenvalue weighted by Gasteiger charge is -2.13. The van der Waals surface area contributed by atoms with Gasteiger partial charge >= 0.3 is 0 Å². The van der Waals surface area contributed by atoms with E-state index >= 15 is 0 Å². The van der Waals surface area contributed by atoms with Crippen LogP contribution in [0.2, 0.25) is 0 Å². The SMILES string of the molecule is C/C(=N\NC(=S)N(C)C)c1cccc(/C(C)=N/NC(=S)N(C)C)n1. The zero-order chi connectivity index (χ0) is 18.3. The highest BCUT2D eigenvalue weighted by atomic mass is 32.1. The molecule has 0 aromatic carbocycles. The third-order valence-corrected chi connectivity index (χ3v) is 3.85. The van der Waals surface area contributed by atoms with Crippen LogP contribution in [0.1, 0.15) is 25.2 Å². The van der Waals surface area contributed by atoms with Gasteiger partial charge in [0.2, 0.25) is 0 Å². The van der Waals surface area contributed by atoms with E-state index < -0.39 is 0 Å². The average molecular weight is 366 g/mol. The average Bonchev–Trinajstić information content (AvgIpc) is 2.56. The molecule has 0 radical (unpaired) electrons. The molecule has 0 aliphatic carbocycles. The maximum atomic E-state index is 5.14. The van der Waals surface area contributed by atoms with E-state index in [0.717, 1.165) is 22.8 Å². The van der Waals surface area contributed by atoms with Gasteiger partial charge in [-0.15, -0.1) is 0 Å². The quantitative estimate of drug-likeness (QED) is 0.475. The maximum Gasteiger partial charge on any atom is 0.189 e. The Hall–Kier alpha value is -2.13. The Kier molecular flexibility index (Phi) is 7.66. The van der Waals surface area contributed by atoms with Crippen LogP contribution in [0.3, 0.4) is 0 Å². The molecule has 24 heavy (non-hydrogen) atoms. The molecule has 130 valence electrons. The lowest BCUT2D eigenvalue weighted by Crippen LogP contribution is -2.31. The Morgan fingerprint density at radius 3 is 1.58 bits per heavy atom. The van der Waals surface area contributed by atoms with Crippen LogP contribution in [0.25, 0.3) is 0 Å². The lowest BCUT2D eigenvalue weighted by atomic mass is 10.2. The number of nitrogens with one attached hydrogen (secondary N) is 2. The highest BCUT2D eigenvalue weighted by Crippen LogP contribution is 2.03. The molecular weight excluding hydrogens is 342 g/mol. The second-order valence-electron chi connectivity index (χ2n) is 5.43. The smallest absolute Gasteiger partial charge is 0.189 e. The van der Waals surface area contributed by atoms with Gasteiger partial charge in [-0.3, -0.25) is 10.9 Å². The van der Waals surface area contributed by atoms with E-state index in [1.54, 1.807) is 9.80 Å². The first-order valence-electron chi connectivity index (χ1n) is 7.23. The summed E-state index contributed by atoms with van der Waals surface area (Å²) in [5, 5.41) is 9.57. The maximum absolute atomic E-state index is 5.14. The Labute approximate surface area is 153 Å². The van der Waals surface area contributed by atoms with Crippen LogP contribution in [-0.2, 0) is 0 Å². The van der Waals surface area contributed by atoms with Crippen LogP contribution in [0.15, 0.2) is 28.4 Å². The number of pyridine rings is 1. The number of hydrogen-bond donors (Lipinski definition) is 2. The monoisotopic (exact) mass is 365 g/mol. The highest BCUT2D eigenvalue weighted by molar-refractivity contribution is 7.80. The molecule has 0 spiro atoms. The summed E-state index contributed by atoms with van der Waals surface area (Å²) < 4.78 is 0. The van der Waals surface area contributed by atoms with Crippen molar-refractivity contribution in [1.82, 2.24) is 25.6 Å². The summed E-state index contributed by atoms with van der Waals surface area (Å²) in [5.74, 6) is 0. The van der Waals surface area contributed by atoms with E-state index in [2.05, 4.69) is 26.0 Å². The van der Waals surface area contributed by atoms with Gasteiger partial charge in [-0.1, -0.05) is 6.07 Å². The molecule has 0 fully saturated rings. The van der Waals surface area contributed by atoms with Gasteiger partial charge in [0.1, 0.15) is 0 Å². The molecule has 1 rings (SSSR count). The molecule has 0 saturated carbocycles. The Morgan fingerprint density at radius 1 is 0.875 bits per heavy atom. The molecule has 0 amide bonds. The predicted octanol–water partition coefficient (Wildman–Crippen LogP) is 1.40. The van der Waals surface area contributed by atoms with Gasteiger partial charge < -0.3 is 9.80 Å². The third-order valence-electron chi connectivity index (χ3n) is 2.94. The summed E-state index contributed by atoms with van der Waals surface area (Å²) in [6, 6.07) is 5.67. The van der Waals surface area contributed by atoms with E-state index in [1.807, 2.05) is 60.2 Å². The fraction of sp³-hybridized carbons (Fsp3) is 0.400. The van der Waals surface area contributed by atoms with Crippen molar-refractivity contribution >= 4 is 46.1 Å². The van der Waals surface area contributed by atoms with Crippen LogP contribution >= 0.6 is 24.4 Å². The van der Waals surface area contributed by atoms with Crippen LogP contribution < -0.4 is 10.9 Å². The van der Waals surface area contributed by atoms with Gasteiger partial charge in [0.05, 0.1) is 22.8 Å². The number of rotatable bonds is 4. The fourth-order valence-electron chi connectivity index (χ4n) is 1.42. The zero-order valence-corrected chi connectivity index (χ0v) is 16.4. The molecule has 1 aromatic rings. The van der Waals surface area contributed by atoms with Crippen molar-refractivity contribution < 1.29 is 0 Å². The first-order chi connectivity index (χ1) is 11.2. The van der Waals surface area contributed by atoms with E-state index in [4.69, 9.17) is 24.4 Å². The van der Waals surface area contributed by atoms with Crippen LogP contribution in [0, 0.1) is 0 Å². The summed E-state index contributed by atoms with van der Waals surface area (Å²) in [5.41, 5.74) is 8.58. The zero-order valence-electron chi connectivity index (χ0n) is 14.8. The van der Waals surface area contributed by atoms with Crippen molar-refractivity contribution in [3.8, 4) is 0 Å². The largest absolute Gasteiger partial charge is 0.354 e. The van der Waals surface area contributed by atoms with Crippen LogP contribution in [0.5, 0.6) is 0 Å². The molecule has 0 aliphatic heterocycles. The highest BCUT2D eigenvalue weighted by Gasteiger charge is 2.05. The first kappa shape index (κ1) is 19.9. The predicted molar refractivity (Wildman–Crippen MR) is 108 cm³/mol. The number of hydrazone groups is 2. The summed E-state index contributed by atoms with van der Waals surface area (Å²) in [7, 11) is 7.40. The van der Waals surface area contributed by atoms with Gasteiger partial charge in [0.25, 0.3) is 0 Å². The van der Waals surface area contributed by atoms with Crippen LogP contribution in [0.4, 0.5) is 0 Å². The van der Waals surface area contributed by atoms with Crippen LogP contribution in [-0.4, -0.2) is 64.6 Å². The molecule has 0 aliphatic rings. The van der Waals surface area contributed by atoms with Gasteiger partial charge in [-0.05, 0) is 50.4 Å². The van der Waals surface area contributed by atoms with Gasteiger partial charge in [0.15, 0.2) is 10.2 Å². The molecule has 0 atom stereocenters. The van der Waals surface area contributed by atoms with Gasteiger partial charge in [0, 0.05) is 28.2 Å². The molecule has 1 heterocycles. The summed E-state index contributed by atoms with van der Waals surface area (Å²) in [4.78, 5) is 8.10. The number of nitrogens with zero attached hydrogens (tertiary/aromatic N) is 5.